The number of thioether (sulfide) groups is 1. The number of amides is 1. The van der Waals surface area contributed by atoms with Crippen molar-refractivity contribution in [2.75, 3.05) is 45.5 Å². The van der Waals surface area contributed by atoms with E-state index in [1.165, 1.54) is 6.08 Å². The van der Waals surface area contributed by atoms with Gasteiger partial charge in [-0.05, 0) is 35.4 Å². The van der Waals surface area contributed by atoms with Gasteiger partial charge < -0.3 is 24.8 Å². The van der Waals surface area contributed by atoms with Crippen molar-refractivity contribution in [2.24, 2.45) is 5.92 Å². The molecule has 2 heterocycles. The molecule has 194 valence electrons. The Labute approximate surface area is 215 Å². The summed E-state index contributed by atoms with van der Waals surface area (Å²) in [5.41, 5.74) is 1.49. The van der Waals surface area contributed by atoms with Crippen molar-refractivity contribution in [1.82, 2.24) is 25.1 Å². The molecule has 36 heavy (non-hydrogen) atoms. The van der Waals surface area contributed by atoms with Gasteiger partial charge in [0.05, 0.1) is 39.5 Å². The lowest BCUT2D eigenvalue weighted by Gasteiger charge is -2.12. The van der Waals surface area contributed by atoms with Crippen LogP contribution in [0.15, 0.2) is 29.6 Å². The quantitative estimate of drug-likeness (QED) is 0.199. The Balaban J connectivity index is 1.67. The molecule has 0 aliphatic rings. The van der Waals surface area contributed by atoms with E-state index in [1.54, 1.807) is 62.2 Å². The van der Waals surface area contributed by atoms with Crippen molar-refractivity contribution in [2.45, 2.75) is 32.5 Å². The molecule has 0 aliphatic carbocycles. The number of carbonyl (C=O) groups is 1. The molecule has 0 unspecified atom stereocenters. The van der Waals surface area contributed by atoms with Crippen molar-refractivity contribution in [3.05, 3.63) is 30.0 Å². The lowest BCUT2D eigenvalue weighted by Crippen LogP contribution is -2.25. The summed E-state index contributed by atoms with van der Waals surface area (Å²) in [6.45, 7) is 8.04. The fraction of sp³-hybridized carbons (Fsp3) is 0.440. The van der Waals surface area contributed by atoms with Gasteiger partial charge in [-0.3, -0.25) is 4.79 Å². The SMILES string of the molecule is CCSc1nc(NCC(C)C)c2cnn(CCNC(=O)C=Cc3cc(OC)c(OC)c(OC)c3)c2n1. The molecule has 0 atom stereocenters. The van der Waals surface area contributed by atoms with Gasteiger partial charge in [0.2, 0.25) is 11.7 Å². The van der Waals surface area contributed by atoms with Crippen molar-refractivity contribution >= 4 is 40.6 Å². The van der Waals surface area contributed by atoms with Crippen molar-refractivity contribution in [3.63, 3.8) is 0 Å². The van der Waals surface area contributed by atoms with Crippen LogP contribution in [0.1, 0.15) is 26.3 Å². The van der Waals surface area contributed by atoms with Gasteiger partial charge in [0, 0.05) is 19.2 Å². The molecule has 3 rings (SSSR count). The van der Waals surface area contributed by atoms with E-state index in [9.17, 15) is 4.79 Å². The number of ether oxygens (including phenoxy) is 3. The molecule has 1 amide bonds. The predicted molar refractivity (Wildman–Crippen MR) is 143 cm³/mol. The van der Waals surface area contributed by atoms with E-state index >= 15 is 0 Å². The van der Waals surface area contributed by atoms with Crippen LogP contribution in [0.5, 0.6) is 17.2 Å². The minimum Gasteiger partial charge on any atom is -0.493 e. The number of anilines is 1. The first-order valence-electron chi connectivity index (χ1n) is 11.8. The van der Waals surface area contributed by atoms with Crippen molar-refractivity contribution < 1.29 is 19.0 Å². The smallest absolute Gasteiger partial charge is 0.244 e. The van der Waals surface area contributed by atoms with E-state index < -0.39 is 0 Å². The number of fused-ring (bicyclic) bond motifs is 1. The van der Waals surface area contributed by atoms with Gasteiger partial charge in [-0.2, -0.15) is 5.10 Å². The van der Waals surface area contributed by atoms with Crippen LogP contribution >= 0.6 is 11.8 Å². The number of carbonyl (C=O) groups excluding carboxylic acids is 1. The van der Waals surface area contributed by atoms with Crippen LogP contribution in [0.4, 0.5) is 5.82 Å². The number of rotatable bonds is 13. The molecule has 0 saturated heterocycles. The van der Waals surface area contributed by atoms with E-state index in [2.05, 4.69) is 46.5 Å². The van der Waals surface area contributed by atoms with E-state index in [0.717, 1.165) is 34.7 Å². The fourth-order valence-electron chi connectivity index (χ4n) is 3.44. The van der Waals surface area contributed by atoms with Crippen LogP contribution in [-0.2, 0) is 11.3 Å². The first-order valence-corrected chi connectivity index (χ1v) is 12.7. The van der Waals surface area contributed by atoms with Crippen LogP contribution in [0.25, 0.3) is 17.1 Å². The summed E-state index contributed by atoms with van der Waals surface area (Å²) in [6.07, 6.45) is 4.93. The van der Waals surface area contributed by atoms with E-state index in [1.807, 2.05) is 0 Å². The number of hydrogen-bond acceptors (Lipinski definition) is 9. The third-order valence-electron chi connectivity index (χ3n) is 5.16. The lowest BCUT2D eigenvalue weighted by molar-refractivity contribution is -0.116. The highest BCUT2D eigenvalue weighted by Crippen LogP contribution is 2.38. The number of nitrogens with one attached hydrogen (secondary N) is 2. The summed E-state index contributed by atoms with van der Waals surface area (Å²) >= 11 is 1.58. The van der Waals surface area contributed by atoms with Gasteiger partial charge in [-0.15, -0.1) is 0 Å². The Bertz CT molecular complexity index is 1190. The summed E-state index contributed by atoms with van der Waals surface area (Å²) in [4.78, 5) is 21.8. The molecule has 0 aliphatic heterocycles. The third kappa shape index (κ3) is 6.81. The zero-order chi connectivity index (χ0) is 26.1. The molecule has 3 aromatic rings. The predicted octanol–water partition coefficient (Wildman–Crippen LogP) is 3.86. The second-order valence-electron chi connectivity index (χ2n) is 8.25. The second kappa shape index (κ2) is 13.0. The Kier molecular flexibility index (Phi) is 9.80. The highest BCUT2D eigenvalue weighted by atomic mass is 32.2. The standard InChI is InChI=1S/C25H34N6O4S/c1-7-36-25-29-23(27-14-16(2)3)18-15-28-31(24(18)30-25)11-10-26-21(32)9-8-17-12-19(33-4)22(35-6)20(13-17)34-5/h8-9,12-13,15-16H,7,10-11,14H2,1-6H3,(H,26,32)(H,27,29,30). The maximum atomic E-state index is 12.4. The van der Waals surface area contributed by atoms with Crippen molar-refractivity contribution in [1.29, 1.82) is 0 Å². The number of benzene rings is 1. The molecule has 0 fully saturated rings. The highest BCUT2D eigenvalue weighted by molar-refractivity contribution is 7.99. The van der Waals surface area contributed by atoms with Gasteiger partial charge in [-0.1, -0.05) is 32.5 Å². The average molecular weight is 515 g/mol. The van der Waals surface area contributed by atoms with E-state index in [0.29, 0.717) is 41.4 Å². The summed E-state index contributed by atoms with van der Waals surface area (Å²) in [6, 6.07) is 3.55. The normalized spacial score (nSPS) is 11.3. The molecule has 0 radical (unpaired) electrons. The zero-order valence-corrected chi connectivity index (χ0v) is 22.4. The summed E-state index contributed by atoms with van der Waals surface area (Å²) < 4.78 is 17.8. The largest absolute Gasteiger partial charge is 0.493 e. The molecule has 0 saturated carbocycles. The number of aromatic nitrogens is 4. The Morgan fingerprint density at radius 1 is 1.14 bits per heavy atom. The number of methoxy groups -OCH3 is 3. The Morgan fingerprint density at radius 2 is 1.86 bits per heavy atom. The van der Waals surface area contributed by atoms with Gasteiger partial charge in [-0.25, -0.2) is 14.6 Å². The van der Waals surface area contributed by atoms with E-state index in [4.69, 9.17) is 14.2 Å². The van der Waals surface area contributed by atoms with Gasteiger partial charge in [0.15, 0.2) is 22.3 Å². The topological polar surface area (TPSA) is 112 Å². The Hall–Kier alpha value is -3.47. The van der Waals surface area contributed by atoms with Gasteiger partial charge in [0.25, 0.3) is 0 Å². The number of hydrogen-bond donors (Lipinski definition) is 2. The summed E-state index contributed by atoms with van der Waals surface area (Å²) in [5, 5.41) is 12.4. The monoisotopic (exact) mass is 514 g/mol. The minimum absolute atomic E-state index is 0.226. The molecular weight excluding hydrogens is 480 g/mol. The molecule has 11 heteroatoms. The minimum atomic E-state index is -0.226. The Morgan fingerprint density at radius 3 is 2.47 bits per heavy atom. The van der Waals surface area contributed by atoms with Crippen LogP contribution < -0.4 is 24.8 Å². The third-order valence-corrected chi connectivity index (χ3v) is 5.89. The zero-order valence-electron chi connectivity index (χ0n) is 21.6. The first-order chi connectivity index (χ1) is 17.4. The van der Waals surface area contributed by atoms with Crippen LogP contribution in [0.2, 0.25) is 0 Å². The molecule has 1 aromatic carbocycles. The maximum Gasteiger partial charge on any atom is 0.244 e. The van der Waals surface area contributed by atoms with Crippen LogP contribution in [-0.4, -0.2) is 65.8 Å². The average Bonchev–Trinajstić information content (AvgIpc) is 3.28. The molecule has 0 spiro atoms. The lowest BCUT2D eigenvalue weighted by atomic mass is 10.1. The fourth-order valence-corrected chi connectivity index (χ4v) is 4.01. The van der Waals surface area contributed by atoms with Gasteiger partial charge >= 0.3 is 0 Å². The van der Waals surface area contributed by atoms with Crippen LogP contribution in [0.3, 0.4) is 0 Å². The summed E-state index contributed by atoms with van der Waals surface area (Å²) in [7, 11) is 4.65. The molecule has 10 nitrogen and oxygen atoms in total. The maximum absolute atomic E-state index is 12.4. The van der Waals surface area contributed by atoms with Gasteiger partial charge in [0.1, 0.15) is 5.82 Å². The molecule has 2 N–H and O–H groups in total. The second-order valence-corrected chi connectivity index (χ2v) is 9.48. The molecular formula is C25H34N6O4S. The van der Waals surface area contributed by atoms with Crippen molar-refractivity contribution in [3.8, 4) is 17.2 Å². The number of nitrogens with zero attached hydrogens (tertiary/aromatic N) is 4. The van der Waals surface area contributed by atoms with E-state index in [-0.39, 0.29) is 5.91 Å². The molecule has 2 aromatic heterocycles. The van der Waals surface area contributed by atoms with Crippen LogP contribution in [0, 0.1) is 5.92 Å². The molecule has 0 bridgehead atoms. The summed E-state index contributed by atoms with van der Waals surface area (Å²) in [5.74, 6) is 3.46. The highest BCUT2D eigenvalue weighted by Gasteiger charge is 2.14. The first kappa shape index (κ1) is 27.1.